The minimum Gasteiger partial charge on any atom is -0.444 e. The van der Waals surface area contributed by atoms with Crippen molar-refractivity contribution < 1.29 is 14.3 Å². The lowest BCUT2D eigenvalue weighted by atomic mass is 9.97. The fourth-order valence-electron chi connectivity index (χ4n) is 1.99. The number of rotatable bonds is 4. The van der Waals surface area contributed by atoms with Gasteiger partial charge in [0.15, 0.2) is 0 Å². The Balaban J connectivity index is 2.50. The van der Waals surface area contributed by atoms with E-state index in [0.717, 1.165) is 6.42 Å². The molecule has 0 saturated carbocycles. The third kappa shape index (κ3) is 5.60. The average molecular weight is 267 g/mol. The van der Waals surface area contributed by atoms with E-state index in [-0.39, 0.29) is 24.3 Å². The number of ether oxygens (including phenoxy) is 1. The van der Waals surface area contributed by atoms with E-state index in [4.69, 9.17) is 10.00 Å². The van der Waals surface area contributed by atoms with Crippen LogP contribution in [0, 0.1) is 17.2 Å². The molecule has 1 rings (SSSR count). The van der Waals surface area contributed by atoms with Crippen molar-refractivity contribution >= 4 is 12.0 Å². The van der Waals surface area contributed by atoms with Crippen LogP contribution in [0.1, 0.15) is 40.0 Å². The molecule has 0 unspecified atom stereocenters. The van der Waals surface area contributed by atoms with Crippen LogP contribution in [0.4, 0.5) is 4.79 Å². The number of amides is 2. The zero-order valence-electron chi connectivity index (χ0n) is 11.7. The predicted octanol–water partition coefficient (Wildman–Crippen LogP) is 1.32. The molecule has 1 fully saturated rings. The molecule has 2 amide bonds. The molecule has 0 aliphatic carbocycles. The molecule has 1 heterocycles. The van der Waals surface area contributed by atoms with E-state index >= 15 is 0 Å². The van der Waals surface area contributed by atoms with Crippen molar-refractivity contribution in [1.82, 2.24) is 10.6 Å². The maximum absolute atomic E-state index is 11.7. The highest BCUT2D eigenvalue weighted by Crippen LogP contribution is 2.18. The van der Waals surface area contributed by atoms with Crippen molar-refractivity contribution in [2.75, 3.05) is 6.54 Å². The van der Waals surface area contributed by atoms with Gasteiger partial charge in [0, 0.05) is 18.5 Å². The van der Waals surface area contributed by atoms with Gasteiger partial charge in [-0.1, -0.05) is 0 Å². The maximum atomic E-state index is 11.7. The number of carbonyl (C=O) groups is 2. The van der Waals surface area contributed by atoms with Gasteiger partial charge in [0.1, 0.15) is 5.60 Å². The molecule has 1 aliphatic rings. The van der Waals surface area contributed by atoms with Crippen molar-refractivity contribution in [1.29, 1.82) is 5.26 Å². The molecular formula is C13H21N3O3. The quantitative estimate of drug-likeness (QED) is 0.803. The highest BCUT2D eigenvalue weighted by molar-refractivity contribution is 5.80. The molecule has 0 bridgehead atoms. The summed E-state index contributed by atoms with van der Waals surface area (Å²) in [6.45, 7) is 5.98. The van der Waals surface area contributed by atoms with Crippen molar-refractivity contribution in [2.24, 2.45) is 5.92 Å². The van der Waals surface area contributed by atoms with Gasteiger partial charge >= 0.3 is 6.09 Å². The molecule has 0 spiro atoms. The minimum atomic E-state index is -0.577. The summed E-state index contributed by atoms with van der Waals surface area (Å²) < 4.78 is 5.15. The van der Waals surface area contributed by atoms with Crippen LogP contribution < -0.4 is 10.6 Å². The van der Waals surface area contributed by atoms with Crippen LogP contribution in [0.5, 0.6) is 0 Å². The Morgan fingerprint density at radius 2 is 2.32 bits per heavy atom. The van der Waals surface area contributed by atoms with E-state index in [9.17, 15) is 9.59 Å². The number of nitrogens with zero attached hydrogens (tertiary/aromatic N) is 1. The zero-order valence-corrected chi connectivity index (χ0v) is 11.7. The van der Waals surface area contributed by atoms with Crippen LogP contribution in [-0.2, 0) is 9.53 Å². The van der Waals surface area contributed by atoms with E-state index in [0.29, 0.717) is 13.0 Å². The van der Waals surface area contributed by atoms with Crippen molar-refractivity contribution in [3.05, 3.63) is 0 Å². The molecule has 6 heteroatoms. The molecule has 19 heavy (non-hydrogen) atoms. The van der Waals surface area contributed by atoms with E-state index < -0.39 is 11.7 Å². The number of alkyl carbamates (subject to hydrolysis) is 1. The van der Waals surface area contributed by atoms with Crippen LogP contribution in [0.2, 0.25) is 0 Å². The first kappa shape index (κ1) is 15.3. The van der Waals surface area contributed by atoms with Crippen LogP contribution in [0.15, 0.2) is 0 Å². The summed E-state index contributed by atoms with van der Waals surface area (Å²) in [7, 11) is 0. The van der Waals surface area contributed by atoms with Gasteiger partial charge < -0.3 is 15.4 Å². The number of carbonyl (C=O) groups excluding carboxylic acids is 2. The fraction of sp³-hybridized carbons (Fsp3) is 0.769. The average Bonchev–Trinajstić information content (AvgIpc) is 2.61. The number of hydrogen-bond donors (Lipinski definition) is 2. The monoisotopic (exact) mass is 267 g/mol. The molecule has 6 nitrogen and oxygen atoms in total. The fourth-order valence-corrected chi connectivity index (χ4v) is 1.99. The maximum Gasteiger partial charge on any atom is 0.407 e. The van der Waals surface area contributed by atoms with Gasteiger partial charge in [-0.25, -0.2) is 4.79 Å². The second-order valence-corrected chi connectivity index (χ2v) is 5.72. The molecule has 0 radical (unpaired) electrons. The molecule has 0 aromatic carbocycles. The topological polar surface area (TPSA) is 91.2 Å². The standard InChI is InChI=1S/C13H21N3O3/c1-13(2,3)19-12(18)16-10(4-6-14)8-9-5-7-15-11(9)17/h9-10H,4-5,7-8H2,1-3H3,(H,15,17)(H,16,18)/t9-,10+/m0/s1. The summed E-state index contributed by atoms with van der Waals surface area (Å²) in [5.74, 6) is -0.137. The third-order valence-corrected chi connectivity index (χ3v) is 2.79. The predicted molar refractivity (Wildman–Crippen MR) is 69.1 cm³/mol. The van der Waals surface area contributed by atoms with Crippen LogP contribution in [0.3, 0.4) is 0 Å². The van der Waals surface area contributed by atoms with Gasteiger partial charge in [-0.2, -0.15) is 5.26 Å². The molecule has 2 atom stereocenters. The third-order valence-electron chi connectivity index (χ3n) is 2.79. The first-order chi connectivity index (χ1) is 8.81. The van der Waals surface area contributed by atoms with Crippen molar-refractivity contribution in [2.45, 2.75) is 51.7 Å². The van der Waals surface area contributed by atoms with Gasteiger partial charge in [0.2, 0.25) is 5.91 Å². The Morgan fingerprint density at radius 3 is 2.79 bits per heavy atom. The van der Waals surface area contributed by atoms with Gasteiger partial charge in [-0.15, -0.1) is 0 Å². The van der Waals surface area contributed by atoms with E-state index in [1.807, 2.05) is 6.07 Å². The van der Waals surface area contributed by atoms with Crippen molar-refractivity contribution in [3.8, 4) is 6.07 Å². The SMILES string of the molecule is CC(C)(C)OC(=O)N[C@H](CC#N)C[C@@H]1CCNC1=O. The molecule has 1 saturated heterocycles. The molecule has 1 aliphatic heterocycles. The van der Waals surface area contributed by atoms with Crippen LogP contribution >= 0.6 is 0 Å². The molecular weight excluding hydrogens is 246 g/mol. The van der Waals surface area contributed by atoms with Gasteiger partial charge in [0.05, 0.1) is 12.5 Å². The summed E-state index contributed by atoms with van der Waals surface area (Å²) >= 11 is 0. The highest BCUT2D eigenvalue weighted by atomic mass is 16.6. The lowest BCUT2D eigenvalue weighted by Gasteiger charge is -2.23. The summed E-state index contributed by atoms with van der Waals surface area (Å²) in [5.41, 5.74) is -0.577. The Kier molecular flexibility index (Phi) is 5.16. The first-order valence-electron chi connectivity index (χ1n) is 6.46. The number of hydrogen-bond acceptors (Lipinski definition) is 4. The van der Waals surface area contributed by atoms with Gasteiger partial charge in [0.25, 0.3) is 0 Å². The second-order valence-electron chi connectivity index (χ2n) is 5.72. The summed E-state index contributed by atoms with van der Waals surface area (Å²) in [5, 5.41) is 14.2. The Bertz CT molecular complexity index is 382. The molecule has 0 aromatic heterocycles. The molecule has 106 valence electrons. The lowest BCUT2D eigenvalue weighted by Crippen LogP contribution is -2.40. The Labute approximate surface area is 113 Å². The van der Waals surface area contributed by atoms with E-state index in [1.54, 1.807) is 20.8 Å². The van der Waals surface area contributed by atoms with E-state index in [1.165, 1.54) is 0 Å². The van der Waals surface area contributed by atoms with E-state index in [2.05, 4.69) is 10.6 Å². The van der Waals surface area contributed by atoms with Crippen LogP contribution in [0.25, 0.3) is 0 Å². The smallest absolute Gasteiger partial charge is 0.407 e. The lowest BCUT2D eigenvalue weighted by molar-refractivity contribution is -0.122. The highest BCUT2D eigenvalue weighted by Gasteiger charge is 2.28. The van der Waals surface area contributed by atoms with Gasteiger partial charge in [-0.05, 0) is 33.6 Å². The Morgan fingerprint density at radius 1 is 1.63 bits per heavy atom. The van der Waals surface area contributed by atoms with Crippen LogP contribution in [-0.4, -0.2) is 30.2 Å². The Hall–Kier alpha value is -1.77. The second kappa shape index (κ2) is 6.41. The van der Waals surface area contributed by atoms with Gasteiger partial charge in [-0.3, -0.25) is 4.79 Å². The molecule has 2 N–H and O–H groups in total. The summed E-state index contributed by atoms with van der Waals surface area (Å²) in [6.07, 6.45) is 0.837. The summed E-state index contributed by atoms with van der Waals surface area (Å²) in [6, 6.07) is 1.67. The molecule has 0 aromatic rings. The normalized spacial score (nSPS) is 20.3. The summed E-state index contributed by atoms with van der Waals surface area (Å²) in [4.78, 5) is 23.1. The number of nitrogens with one attached hydrogen (secondary N) is 2. The van der Waals surface area contributed by atoms with Crippen molar-refractivity contribution in [3.63, 3.8) is 0 Å². The zero-order chi connectivity index (χ0) is 14.5. The minimum absolute atomic E-state index is 0.00562. The first-order valence-corrected chi connectivity index (χ1v) is 6.46. The largest absolute Gasteiger partial charge is 0.444 e. The number of nitriles is 1.